The van der Waals surface area contributed by atoms with Crippen molar-refractivity contribution in [1.82, 2.24) is 10.2 Å². The number of alkyl carbamates (subject to hydrolysis) is 1. The van der Waals surface area contributed by atoms with Crippen LogP contribution in [-0.4, -0.2) is 65.1 Å². The van der Waals surface area contributed by atoms with Gasteiger partial charge in [-0.05, 0) is 41.5 Å². The summed E-state index contributed by atoms with van der Waals surface area (Å²) in [5.74, 6) is -0.917. The van der Waals surface area contributed by atoms with Crippen LogP contribution in [0.3, 0.4) is 0 Å². The zero-order chi connectivity index (χ0) is 17.1. The quantitative estimate of drug-likeness (QED) is 0.816. The second kappa shape index (κ2) is 6.83. The number of carbonyl (C=O) groups is 2. The minimum atomic E-state index is -0.917. The van der Waals surface area contributed by atoms with E-state index in [-0.39, 0.29) is 12.6 Å². The summed E-state index contributed by atoms with van der Waals surface area (Å²) in [6.45, 7) is 12.1. The van der Waals surface area contributed by atoms with Crippen molar-refractivity contribution in [2.75, 3.05) is 19.7 Å². The minimum absolute atomic E-state index is 0.140. The Morgan fingerprint density at radius 2 is 2.05 bits per heavy atom. The zero-order valence-electron chi connectivity index (χ0n) is 14.3. The van der Waals surface area contributed by atoms with E-state index in [2.05, 4.69) is 5.32 Å². The van der Waals surface area contributed by atoms with Crippen LogP contribution in [0.15, 0.2) is 0 Å². The summed E-state index contributed by atoms with van der Waals surface area (Å²) in [5.41, 5.74) is -0.966. The topological polar surface area (TPSA) is 88.1 Å². The predicted octanol–water partition coefficient (Wildman–Crippen LogP) is 1.46. The molecule has 2 atom stereocenters. The van der Waals surface area contributed by atoms with E-state index >= 15 is 0 Å². The molecule has 22 heavy (non-hydrogen) atoms. The Morgan fingerprint density at radius 1 is 1.45 bits per heavy atom. The van der Waals surface area contributed by atoms with Crippen molar-refractivity contribution in [3.05, 3.63) is 0 Å². The number of aliphatic carboxylic acids is 1. The minimum Gasteiger partial charge on any atom is -0.480 e. The van der Waals surface area contributed by atoms with Gasteiger partial charge in [-0.1, -0.05) is 0 Å². The number of hydrogen-bond donors (Lipinski definition) is 2. The fraction of sp³-hybridized carbons (Fsp3) is 0.867. The molecular formula is C15H28N2O5. The summed E-state index contributed by atoms with van der Waals surface area (Å²) in [4.78, 5) is 24.9. The Bertz CT molecular complexity index is 417. The zero-order valence-corrected chi connectivity index (χ0v) is 14.3. The fourth-order valence-corrected chi connectivity index (χ4v) is 2.38. The fourth-order valence-electron chi connectivity index (χ4n) is 2.38. The largest absolute Gasteiger partial charge is 0.480 e. The first-order valence-corrected chi connectivity index (χ1v) is 7.50. The highest BCUT2D eigenvalue weighted by atomic mass is 16.6. The van der Waals surface area contributed by atoms with Gasteiger partial charge in [0.1, 0.15) is 11.6 Å². The molecule has 1 rings (SSSR count). The molecule has 0 aromatic rings. The number of amides is 1. The second-order valence-electron chi connectivity index (χ2n) is 7.40. The number of nitrogens with one attached hydrogen (secondary N) is 1. The van der Waals surface area contributed by atoms with Crippen LogP contribution in [0.5, 0.6) is 0 Å². The molecule has 1 aliphatic rings. The first kappa shape index (κ1) is 18.7. The van der Waals surface area contributed by atoms with Gasteiger partial charge in [0.05, 0.1) is 12.2 Å². The maximum atomic E-state index is 11.8. The van der Waals surface area contributed by atoms with Crippen LogP contribution in [-0.2, 0) is 14.3 Å². The number of rotatable bonds is 4. The molecule has 0 aromatic heterocycles. The molecule has 1 fully saturated rings. The summed E-state index contributed by atoms with van der Waals surface area (Å²) >= 11 is 0. The average molecular weight is 316 g/mol. The van der Waals surface area contributed by atoms with E-state index in [0.717, 1.165) is 0 Å². The van der Waals surface area contributed by atoms with Gasteiger partial charge < -0.3 is 19.9 Å². The predicted molar refractivity (Wildman–Crippen MR) is 81.9 cm³/mol. The van der Waals surface area contributed by atoms with Crippen molar-refractivity contribution < 1.29 is 24.2 Å². The van der Waals surface area contributed by atoms with Gasteiger partial charge in [0, 0.05) is 19.1 Å². The van der Waals surface area contributed by atoms with Crippen molar-refractivity contribution in [2.24, 2.45) is 0 Å². The molecule has 0 aromatic carbocycles. The summed E-state index contributed by atoms with van der Waals surface area (Å²) in [6, 6.07) is -0.929. The van der Waals surface area contributed by atoms with Crippen molar-refractivity contribution in [3.63, 3.8) is 0 Å². The Morgan fingerprint density at radius 3 is 2.55 bits per heavy atom. The molecular weight excluding hydrogens is 288 g/mol. The molecule has 1 amide bonds. The Labute approximate surface area is 131 Å². The first-order chi connectivity index (χ1) is 9.89. The number of nitrogens with zero attached hydrogens (tertiary/aromatic N) is 1. The van der Waals surface area contributed by atoms with Crippen molar-refractivity contribution in [1.29, 1.82) is 0 Å². The van der Waals surface area contributed by atoms with Crippen molar-refractivity contribution >= 4 is 12.1 Å². The molecule has 0 saturated carbocycles. The third kappa shape index (κ3) is 6.19. The standard InChI is InChI=1S/C15H28N2O5/c1-10(16-13(20)22-14(2,3)4)7-17-9-15(5,6)21-8-11(17)12(18)19/h10-11H,7-9H2,1-6H3,(H,16,20)(H,18,19)/t10-,11-/m0/s1. The highest BCUT2D eigenvalue weighted by molar-refractivity contribution is 5.74. The highest BCUT2D eigenvalue weighted by Gasteiger charge is 2.38. The Kier molecular flexibility index (Phi) is 5.81. The summed E-state index contributed by atoms with van der Waals surface area (Å²) in [6.07, 6.45) is -0.501. The van der Waals surface area contributed by atoms with Gasteiger partial charge in [-0.15, -0.1) is 0 Å². The number of carbonyl (C=O) groups excluding carboxylic acids is 1. The van der Waals surface area contributed by atoms with Gasteiger partial charge >= 0.3 is 12.1 Å². The monoisotopic (exact) mass is 316 g/mol. The van der Waals surface area contributed by atoms with Crippen LogP contribution in [0.25, 0.3) is 0 Å². The lowest BCUT2D eigenvalue weighted by Crippen LogP contribution is -2.59. The number of carboxylic acid groups (broad SMARTS) is 1. The van der Waals surface area contributed by atoms with E-state index in [4.69, 9.17) is 9.47 Å². The number of carboxylic acids is 1. The van der Waals surface area contributed by atoms with Gasteiger partial charge in [0.25, 0.3) is 0 Å². The molecule has 0 spiro atoms. The SMILES string of the molecule is C[C@@H](CN1CC(C)(C)OC[C@H]1C(=O)O)NC(=O)OC(C)(C)C. The molecule has 7 nitrogen and oxygen atoms in total. The second-order valence-corrected chi connectivity index (χ2v) is 7.40. The molecule has 0 aliphatic carbocycles. The lowest BCUT2D eigenvalue weighted by molar-refractivity contribution is -0.162. The van der Waals surface area contributed by atoms with E-state index in [9.17, 15) is 14.7 Å². The van der Waals surface area contributed by atoms with E-state index in [0.29, 0.717) is 13.1 Å². The average Bonchev–Trinajstić information content (AvgIpc) is 2.23. The third-order valence-corrected chi connectivity index (χ3v) is 3.21. The van der Waals surface area contributed by atoms with E-state index in [1.165, 1.54) is 0 Å². The van der Waals surface area contributed by atoms with Crippen LogP contribution >= 0.6 is 0 Å². The van der Waals surface area contributed by atoms with E-state index in [1.807, 2.05) is 25.7 Å². The lowest BCUT2D eigenvalue weighted by Gasteiger charge is -2.42. The van der Waals surface area contributed by atoms with Crippen LogP contribution in [0.1, 0.15) is 41.5 Å². The molecule has 7 heteroatoms. The molecule has 0 unspecified atom stereocenters. The summed E-state index contributed by atoms with van der Waals surface area (Å²) < 4.78 is 10.8. The summed E-state index contributed by atoms with van der Waals surface area (Å²) in [5, 5.41) is 12.0. The molecule has 0 bridgehead atoms. The third-order valence-electron chi connectivity index (χ3n) is 3.21. The van der Waals surface area contributed by atoms with Gasteiger partial charge in [0.2, 0.25) is 0 Å². The van der Waals surface area contributed by atoms with E-state index < -0.39 is 29.3 Å². The van der Waals surface area contributed by atoms with Crippen LogP contribution in [0.4, 0.5) is 4.79 Å². The molecule has 128 valence electrons. The maximum Gasteiger partial charge on any atom is 0.407 e. The highest BCUT2D eigenvalue weighted by Crippen LogP contribution is 2.21. The van der Waals surface area contributed by atoms with Gasteiger partial charge in [-0.25, -0.2) is 4.79 Å². The van der Waals surface area contributed by atoms with E-state index in [1.54, 1.807) is 20.8 Å². The number of hydrogen-bond acceptors (Lipinski definition) is 5. The van der Waals surface area contributed by atoms with Crippen LogP contribution < -0.4 is 5.32 Å². The molecule has 1 saturated heterocycles. The van der Waals surface area contributed by atoms with Gasteiger partial charge in [0.15, 0.2) is 0 Å². The lowest BCUT2D eigenvalue weighted by atomic mass is 10.0. The molecule has 0 radical (unpaired) electrons. The molecule has 2 N–H and O–H groups in total. The van der Waals surface area contributed by atoms with Crippen LogP contribution in [0.2, 0.25) is 0 Å². The van der Waals surface area contributed by atoms with Crippen molar-refractivity contribution in [2.45, 2.75) is 64.8 Å². The first-order valence-electron chi connectivity index (χ1n) is 7.50. The molecule has 1 heterocycles. The van der Waals surface area contributed by atoms with Crippen LogP contribution in [0, 0.1) is 0 Å². The Hall–Kier alpha value is -1.34. The number of morpholine rings is 1. The smallest absolute Gasteiger partial charge is 0.407 e. The summed E-state index contributed by atoms with van der Waals surface area (Å²) in [7, 11) is 0. The molecule has 1 aliphatic heterocycles. The maximum absolute atomic E-state index is 11.8. The number of ether oxygens (including phenoxy) is 2. The van der Waals surface area contributed by atoms with Gasteiger partial charge in [-0.2, -0.15) is 0 Å². The van der Waals surface area contributed by atoms with Gasteiger partial charge in [-0.3, -0.25) is 9.69 Å². The Balaban J connectivity index is 2.61. The normalized spacial score (nSPS) is 23.6. The van der Waals surface area contributed by atoms with Crippen molar-refractivity contribution in [3.8, 4) is 0 Å².